The molecule has 0 aliphatic carbocycles. The Labute approximate surface area is 180 Å². The van der Waals surface area contributed by atoms with Crippen LogP contribution in [-0.4, -0.2) is 14.6 Å². The zero-order valence-electron chi connectivity index (χ0n) is 16.0. The number of hydrogen-bond donors (Lipinski definition) is 0. The maximum Gasteiger partial charge on any atom is 0.416 e. The van der Waals surface area contributed by atoms with Crippen LogP contribution in [0.2, 0.25) is 0 Å². The summed E-state index contributed by atoms with van der Waals surface area (Å²) in [4.78, 5) is 17.0. The third-order valence-corrected chi connectivity index (χ3v) is 5.66. The fourth-order valence-electron chi connectivity index (χ4n) is 3.16. The number of aromatic nitrogens is 3. The molecule has 2 heterocycles. The van der Waals surface area contributed by atoms with Crippen molar-refractivity contribution >= 4 is 22.4 Å². The van der Waals surface area contributed by atoms with Gasteiger partial charge in [-0.2, -0.15) is 30.9 Å². The molecule has 4 aromatic rings. The molecule has 0 bridgehead atoms. The molecule has 0 saturated carbocycles. The molecule has 0 unspecified atom stereocenters. The summed E-state index contributed by atoms with van der Waals surface area (Å²) in [6.07, 6.45) is -7.33. The van der Waals surface area contributed by atoms with Crippen molar-refractivity contribution in [1.82, 2.24) is 14.6 Å². The van der Waals surface area contributed by atoms with Gasteiger partial charge in [-0.25, -0.2) is 4.98 Å². The van der Waals surface area contributed by atoms with Gasteiger partial charge in [0.05, 0.1) is 15.7 Å². The van der Waals surface area contributed by atoms with E-state index in [-0.39, 0.29) is 33.7 Å². The van der Waals surface area contributed by atoms with Crippen molar-refractivity contribution in [2.24, 2.45) is 0 Å². The molecule has 4 rings (SSSR count). The van der Waals surface area contributed by atoms with Gasteiger partial charge in [-0.15, -0.1) is 5.10 Å². The standard InChI is InChI=1S/C21H13F6N3OS/c22-20(23,24)14-8-5-12(6-9-14)11-16-18(31)30-19(32-16)28-17(29-30)10-7-13-3-1-2-4-15(13)21(25,26)27/h1-6,8-9,11H,7,10H2/b16-11-. The molecule has 0 radical (unpaired) electrons. The Bertz CT molecular complexity index is 1370. The molecule has 11 heteroatoms. The van der Waals surface area contributed by atoms with Crippen molar-refractivity contribution in [3.05, 3.63) is 91.5 Å². The molecule has 166 valence electrons. The summed E-state index contributed by atoms with van der Waals surface area (Å²) in [7, 11) is 0. The lowest BCUT2D eigenvalue weighted by atomic mass is 10.0. The highest BCUT2D eigenvalue weighted by Gasteiger charge is 2.32. The van der Waals surface area contributed by atoms with Crippen molar-refractivity contribution in [2.45, 2.75) is 25.2 Å². The van der Waals surface area contributed by atoms with Crippen LogP contribution in [0.4, 0.5) is 26.3 Å². The van der Waals surface area contributed by atoms with Gasteiger partial charge in [0.25, 0.3) is 5.56 Å². The molecule has 0 N–H and O–H groups in total. The van der Waals surface area contributed by atoms with Crippen LogP contribution >= 0.6 is 11.3 Å². The molecule has 0 fully saturated rings. The number of benzene rings is 2. The van der Waals surface area contributed by atoms with Crippen molar-refractivity contribution in [2.75, 3.05) is 0 Å². The van der Waals surface area contributed by atoms with E-state index in [4.69, 9.17) is 0 Å². The van der Waals surface area contributed by atoms with E-state index < -0.39 is 29.0 Å². The van der Waals surface area contributed by atoms with E-state index in [9.17, 15) is 31.1 Å². The highest BCUT2D eigenvalue weighted by molar-refractivity contribution is 7.15. The summed E-state index contributed by atoms with van der Waals surface area (Å²) in [5.74, 6) is 0.228. The van der Waals surface area contributed by atoms with Crippen LogP contribution < -0.4 is 10.1 Å². The molecular formula is C21H13F6N3OS. The number of hydrogen-bond acceptors (Lipinski definition) is 4. The number of halogens is 6. The molecule has 4 nitrogen and oxygen atoms in total. The molecule has 0 aliphatic rings. The van der Waals surface area contributed by atoms with Gasteiger partial charge in [0.15, 0.2) is 5.82 Å². The van der Waals surface area contributed by atoms with Crippen LogP contribution in [-0.2, 0) is 25.2 Å². The van der Waals surface area contributed by atoms with E-state index in [0.29, 0.717) is 5.56 Å². The first-order valence-electron chi connectivity index (χ1n) is 9.25. The van der Waals surface area contributed by atoms with E-state index in [1.165, 1.54) is 36.4 Å². The van der Waals surface area contributed by atoms with Crippen LogP contribution in [0.1, 0.15) is 28.1 Å². The molecule has 2 aromatic carbocycles. The highest BCUT2D eigenvalue weighted by atomic mass is 32.1. The van der Waals surface area contributed by atoms with Gasteiger partial charge in [0.2, 0.25) is 4.96 Å². The summed E-state index contributed by atoms with van der Waals surface area (Å²) in [6, 6.07) is 9.57. The Hall–Kier alpha value is -3.21. The van der Waals surface area contributed by atoms with Gasteiger partial charge in [0.1, 0.15) is 0 Å². The Morgan fingerprint density at radius 2 is 1.59 bits per heavy atom. The summed E-state index contributed by atoms with van der Waals surface area (Å²) in [5, 5.41) is 4.08. The second-order valence-electron chi connectivity index (χ2n) is 6.91. The first-order valence-corrected chi connectivity index (χ1v) is 10.1. The molecule has 0 amide bonds. The molecule has 2 aromatic heterocycles. The molecule has 0 aliphatic heterocycles. The van der Waals surface area contributed by atoms with E-state index in [2.05, 4.69) is 10.1 Å². The average Bonchev–Trinajstić information content (AvgIpc) is 3.24. The fourth-order valence-corrected chi connectivity index (χ4v) is 4.09. The van der Waals surface area contributed by atoms with Crippen molar-refractivity contribution in [3.8, 4) is 0 Å². The lowest BCUT2D eigenvalue weighted by Gasteiger charge is -2.11. The fraction of sp³-hybridized carbons (Fsp3) is 0.190. The van der Waals surface area contributed by atoms with Crippen LogP contribution in [0.15, 0.2) is 53.3 Å². The first-order chi connectivity index (χ1) is 15.0. The Balaban J connectivity index is 1.56. The number of nitrogens with zero attached hydrogens (tertiary/aromatic N) is 3. The topological polar surface area (TPSA) is 47.3 Å². The van der Waals surface area contributed by atoms with Crippen LogP contribution in [0.25, 0.3) is 11.0 Å². The number of rotatable bonds is 4. The third kappa shape index (κ3) is 4.52. The SMILES string of the molecule is O=c1/c(=C/c2ccc(C(F)(F)F)cc2)sc2nc(CCc3ccccc3C(F)(F)F)nn12. The smallest absolute Gasteiger partial charge is 0.266 e. The minimum Gasteiger partial charge on any atom is -0.266 e. The second-order valence-corrected chi connectivity index (χ2v) is 7.92. The van der Waals surface area contributed by atoms with E-state index in [1.807, 2.05) is 0 Å². The van der Waals surface area contributed by atoms with E-state index >= 15 is 0 Å². The Kier molecular flexibility index (Phi) is 5.53. The van der Waals surface area contributed by atoms with Gasteiger partial charge in [-0.05, 0) is 41.8 Å². The van der Waals surface area contributed by atoms with Gasteiger partial charge >= 0.3 is 12.4 Å². The normalized spacial score (nSPS) is 13.2. The number of alkyl halides is 6. The number of aryl methyl sites for hydroxylation is 2. The maximum atomic E-state index is 13.1. The largest absolute Gasteiger partial charge is 0.416 e. The predicted octanol–water partition coefficient (Wildman–Crippen LogP) is 4.52. The average molecular weight is 469 g/mol. The minimum atomic E-state index is -4.47. The van der Waals surface area contributed by atoms with Crippen molar-refractivity contribution in [1.29, 1.82) is 0 Å². The molecule has 32 heavy (non-hydrogen) atoms. The van der Waals surface area contributed by atoms with Gasteiger partial charge in [-0.1, -0.05) is 41.7 Å². The highest BCUT2D eigenvalue weighted by Crippen LogP contribution is 2.32. The lowest BCUT2D eigenvalue weighted by Crippen LogP contribution is -2.23. The molecule has 0 spiro atoms. The molecular weight excluding hydrogens is 456 g/mol. The summed E-state index contributed by atoms with van der Waals surface area (Å²) in [6.45, 7) is 0. The number of fused-ring (bicyclic) bond motifs is 1. The third-order valence-electron chi connectivity index (χ3n) is 4.70. The number of thiazole rings is 1. The summed E-state index contributed by atoms with van der Waals surface area (Å²) >= 11 is 0.997. The van der Waals surface area contributed by atoms with Crippen molar-refractivity contribution < 1.29 is 26.3 Å². The van der Waals surface area contributed by atoms with Crippen LogP contribution in [0.5, 0.6) is 0 Å². The zero-order chi connectivity index (χ0) is 23.1. The minimum absolute atomic E-state index is 0.0479. The van der Waals surface area contributed by atoms with Crippen LogP contribution in [0.3, 0.4) is 0 Å². The van der Waals surface area contributed by atoms with E-state index in [1.54, 1.807) is 0 Å². The summed E-state index contributed by atoms with van der Waals surface area (Å²) < 4.78 is 78.6. The summed E-state index contributed by atoms with van der Waals surface area (Å²) in [5.41, 5.74) is -1.50. The van der Waals surface area contributed by atoms with Crippen molar-refractivity contribution in [3.63, 3.8) is 0 Å². The lowest BCUT2D eigenvalue weighted by molar-refractivity contribution is -0.138. The van der Waals surface area contributed by atoms with Crippen LogP contribution in [0, 0.1) is 0 Å². The predicted molar refractivity (Wildman–Crippen MR) is 106 cm³/mol. The second kappa shape index (κ2) is 8.05. The molecule has 0 atom stereocenters. The first kappa shape index (κ1) is 22.0. The Morgan fingerprint density at radius 3 is 2.22 bits per heavy atom. The van der Waals surface area contributed by atoms with Gasteiger partial charge < -0.3 is 0 Å². The van der Waals surface area contributed by atoms with Gasteiger partial charge in [0, 0.05) is 6.42 Å². The monoisotopic (exact) mass is 469 g/mol. The Morgan fingerprint density at radius 1 is 0.906 bits per heavy atom. The maximum absolute atomic E-state index is 13.1. The zero-order valence-corrected chi connectivity index (χ0v) is 16.9. The quantitative estimate of drug-likeness (QED) is 0.413. The van der Waals surface area contributed by atoms with E-state index in [0.717, 1.165) is 34.1 Å². The molecule has 0 saturated heterocycles. The van der Waals surface area contributed by atoms with Gasteiger partial charge in [-0.3, -0.25) is 4.79 Å².